The molecular weight excluding hydrogens is 131 g/mol. The van der Waals surface area contributed by atoms with Crippen molar-refractivity contribution in [1.82, 2.24) is 0 Å². The van der Waals surface area contributed by atoms with Gasteiger partial charge in [0.1, 0.15) is 0 Å². The van der Waals surface area contributed by atoms with E-state index in [1.54, 1.807) is 12.1 Å². The summed E-state index contributed by atoms with van der Waals surface area (Å²) in [4.78, 5) is 0. The van der Waals surface area contributed by atoms with E-state index in [1.807, 2.05) is 12.1 Å². The van der Waals surface area contributed by atoms with E-state index in [1.165, 1.54) is 5.56 Å². The summed E-state index contributed by atoms with van der Waals surface area (Å²) < 4.78 is 0. The molecule has 0 fully saturated rings. The Kier molecular flexibility index (Phi) is 5.11. The van der Waals surface area contributed by atoms with Crippen LogP contribution in [0.3, 0.4) is 0 Å². The SMILES string of the molecule is CCCc1ccc([O-])cc1.[Li+]. The Hall–Kier alpha value is -0.383. The molecule has 0 aliphatic rings. The first-order chi connectivity index (χ1) is 4.83. The maximum absolute atomic E-state index is 10.6. The Bertz CT molecular complexity index is 193. The molecule has 1 rings (SSSR count). The maximum Gasteiger partial charge on any atom is 1.00 e. The summed E-state index contributed by atoms with van der Waals surface area (Å²) in [7, 11) is 0. The zero-order valence-corrected chi connectivity index (χ0v) is 7.13. The molecule has 1 aromatic rings. The van der Waals surface area contributed by atoms with E-state index in [4.69, 9.17) is 0 Å². The number of hydrogen-bond acceptors (Lipinski definition) is 1. The quantitative estimate of drug-likeness (QED) is 0.471. The molecule has 0 unspecified atom stereocenters. The van der Waals surface area contributed by atoms with Gasteiger partial charge in [0.05, 0.1) is 0 Å². The molecule has 0 heterocycles. The van der Waals surface area contributed by atoms with Gasteiger partial charge in [-0.3, -0.25) is 0 Å². The maximum atomic E-state index is 10.6. The van der Waals surface area contributed by atoms with Crippen molar-refractivity contribution in [2.75, 3.05) is 0 Å². The molecule has 0 saturated heterocycles. The molecule has 0 radical (unpaired) electrons. The molecule has 0 aromatic heterocycles. The molecule has 1 aromatic carbocycles. The van der Waals surface area contributed by atoms with Crippen LogP contribution in [0, 0.1) is 0 Å². The first-order valence-electron chi connectivity index (χ1n) is 3.59. The van der Waals surface area contributed by atoms with Gasteiger partial charge in [-0.15, -0.1) is 5.75 Å². The molecule has 0 atom stereocenters. The summed E-state index contributed by atoms with van der Waals surface area (Å²) >= 11 is 0. The molecule has 54 valence electrons. The summed E-state index contributed by atoms with van der Waals surface area (Å²) in [6, 6.07) is 7.02. The monoisotopic (exact) mass is 142 g/mol. The van der Waals surface area contributed by atoms with Crippen LogP contribution in [-0.4, -0.2) is 0 Å². The minimum atomic E-state index is 0. The molecule has 0 saturated carbocycles. The van der Waals surface area contributed by atoms with E-state index in [0.717, 1.165) is 12.8 Å². The van der Waals surface area contributed by atoms with Crippen LogP contribution >= 0.6 is 0 Å². The zero-order chi connectivity index (χ0) is 7.40. The molecule has 0 bridgehead atoms. The summed E-state index contributed by atoms with van der Waals surface area (Å²) in [5.74, 6) is 0.0971. The summed E-state index contributed by atoms with van der Waals surface area (Å²) in [5.41, 5.74) is 1.25. The first-order valence-corrected chi connectivity index (χ1v) is 3.59. The molecule has 11 heavy (non-hydrogen) atoms. The minimum absolute atomic E-state index is 0. The van der Waals surface area contributed by atoms with Crippen molar-refractivity contribution in [2.45, 2.75) is 19.8 Å². The Morgan fingerprint density at radius 2 is 1.73 bits per heavy atom. The largest absolute Gasteiger partial charge is 1.00 e. The molecule has 0 spiro atoms. The Balaban J connectivity index is 0.000001000. The first kappa shape index (κ1) is 10.6. The van der Waals surface area contributed by atoms with Gasteiger partial charge >= 0.3 is 18.9 Å². The van der Waals surface area contributed by atoms with E-state index in [0.29, 0.717) is 0 Å². The van der Waals surface area contributed by atoms with Crippen LogP contribution in [0.1, 0.15) is 18.9 Å². The number of benzene rings is 1. The topological polar surface area (TPSA) is 23.1 Å². The van der Waals surface area contributed by atoms with Gasteiger partial charge in [-0.2, -0.15) is 0 Å². The molecule has 0 aliphatic heterocycles. The Labute approximate surface area is 79.6 Å². The Morgan fingerprint density at radius 3 is 2.18 bits per heavy atom. The second-order valence-corrected chi connectivity index (χ2v) is 2.39. The van der Waals surface area contributed by atoms with Crippen molar-refractivity contribution in [3.05, 3.63) is 29.8 Å². The fourth-order valence-corrected chi connectivity index (χ4v) is 0.945. The van der Waals surface area contributed by atoms with Crippen molar-refractivity contribution in [2.24, 2.45) is 0 Å². The van der Waals surface area contributed by atoms with E-state index in [9.17, 15) is 5.11 Å². The van der Waals surface area contributed by atoms with Gasteiger partial charge < -0.3 is 5.11 Å². The molecule has 0 aliphatic carbocycles. The normalized spacial score (nSPS) is 8.82. The van der Waals surface area contributed by atoms with Gasteiger partial charge in [0.2, 0.25) is 0 Å². The third-order valence-electron chi connectivity index (χ3n) is 1.46. The van der Waals surface area contributed by atoms with Crippen LogP contribution in [0.5, 0.6) is 5.75 Å². The summed E-state index contributed by atoms with van der Waals surface area (Å²) in [5, 5.41) is 10.6. The number of aryl methyl sites for hydroxylation is 1. The van der Waals surface area contributed by atoms with Crippen molar-refractivity contribution in [3.8, 4) is 5.75 Å². The number of hydrogen-bond donors (Lipinski definition) is 0. The molecule has 0 amide bonds. The van der Waals surface area contributed by atoms with Crippen LogP contribution in [0.4, 0.5) is 0 Å². The third-order valence-corrected chi connectivity index (χ3v) is 1.46. The fraction of sp³-hybridized carbons (Fsp3) is 0.333. The van der Waals surface area contributed by atoms with Crippen LogP contribution in [0.25, 0.3) is 0 Å². The van der Waals surface area contributed by atoms with Crippen LogP contribution < -0.4 is 24.0 Å². The predicted octanol–water partition coefficient (Wildman–Crippen LogP) is -1.28. The summed E-state index contributed by atoms with van der Waals surface area (Å²) in [6.45, 7) is 2.13. The second kappa shape index (κ2) is 5.29. The van der Waals surface area contributed by atoms with E-state index in [2.05, 4.69) is 6.92 Å². The minimum Gasteiger partial charge on any atom is -0.872 e. The van der Waals surface area contributed by atoms with Crippen LogP contribution in [-0.2, 0) is 6.42 Å². The Morgan fingerprint density at radius 1 is 1.18 bits per heavy atom. The molecule has 0 N–H and O–H groups in total. The predicted molar refractivity (Wildman–Crippen MR) is 39.9 cm³/mol. The van der Waals surface area contributed by atoms with Gasteiger partial charge in [0, 0.05) is 0 Å². The van der Waals surface area contributed by atoms with Gasteiger partial charge in [0.15, 0.2) is 0 Å². The number of rotatable bonds is 2. The van der Waals surface area contributed by atoms with Crippen molar-refractivity contribution in [1.29, 1.82) is 0 Å². The molecule has 1 nitrogen and oxygen atoms in total. The van der Waals surface area contributed by atoms with E-state index >= 15 is 0 Å². The van der Waals surface area contributed by atoms with Crippen molar-refractivity contribution >= 4 is 0 Å². The fourth-order valence-electron chi connectivity index (χ4n) is 0.945. The average Bonchev–Trinajstić information content (AvgIpc) is 1.95. The van der Waals surface area contributed by atoms with Gasteiger partial charge in [-0.05, 0) is 12.0 Å². The summed E-state index contributed by atoms with van der Waals surface area (Å²) in [6.07, 6.45) is 2.21. The van der Waals surface area contributed by atoms with E-state index in [-0.39, 0.29) is 24.6 Å². The van der Waals surface area contributed by atoms with Gasteiger partial charge in [-0.25, -0.2) is 0 Å². The van der Waals surface area contributed by atoms with Crippen molar-refractivity contribution < 1.29 is 24.0 Å². The smallest absolute Gasteiger partial charge is 0.872 e. The van der Waals surface area contributed by atoms with Crippen LogP contribution in [0.2, 0.25) is 0 Å². The average molecular weight is 142 g/mol. The van der Waals surface area contributed by atoms with Crippen LogP contribution in [0.15, 0.2) is 24.3 Å². The van der Waals surface area contributed by atoms with E-state index < -0.39 is 0 Å². The van der Waals surface area contributed by atoms with Gasteiger partial charge in [0.25, 0.3) is 0 Å². The van der Waals surface area contributed by atoms with Gasteiger partial charge in [-0.1, -0.05) is 37.6 Å². The third kappa shape index (κ3) is 3.51. The standard InChI is InChI=1S/C9H12O.Li/c1-2-3-8-4-6-9(10)7-5-8;/h4-7,10H,2-3H2,1H3;/q;+1/p-1. The van der Waals surface area contributed by atoms with Crippen molar-refractivity contribution in [3.63, 3.8) is 0 Å². The molecular formula is C9H11LiO. The second-order valence-electron chi connectivity index (χ2n) is 2.39. The zero-order valence-electron chi connectivity index (χ0n) is 7.13. The molecule has 2 heteroatoms.